The average molecular weight is 296 g/mol. The number of hydrogen-bond donors (Lipinski definition) is 0. The Labute approximate surface area is 146 Å². The standard InChI is InChI=1S/K.Mg.2NO3.6H2O/c;;2*2-1(3)4;;;;;;/h;;;;6*1H2/q+1;+2;2*-1;;;;;;. The topological polar surface area (TPSA) is 321 Å². The van der Waals surface area contributed by atoms with Gasteiger partial charge >= 0.3 is 74.4 Å². The van der Waals surface area contributed by atoms with Crippen LogP contribution in [0.5, 0.6) is 0 Å². The van der Waals surface area contributed by atoms with Gasteiger partial charge in [-0.1, -0.05) is 0 Å². The summed E-state index contributed by atoms with van der Waals surface area (Å²) < 4.78 is 0. The monoisotopic (exact) mass is 295 g/mol. The van der Waals surface area contributed by atoms with Gasteiger partial charge in [0.1, 0.15) is 0 Å². The summed E-state index contributed by atoms with van der Waals surface area (Å²) in [5.41, 5.74) is 0. The van der Waals surface area contributed by atoms with E-state index >= 15 is 0 Å². The Morgan fingerprint density at radius 3 is 0.562 bits per heavy atom. The molecular weight excluding hydrogens is 283 g/mol. The molecule has 14 nitrogen and oxygen atoms in total. The van der Waals surface area contributed by atoms with Crippen molar-refractivity contribution in [2.75, 3.05) is 0 Å². The van der Waals surface area contributed by atoms with E-state index in [1.165, 1.54) is 0 Å². The van der Waals surface area contributed by atoms with E-state index in [1.54, 1.807) is 0 Å². The van der Waals surface area contributed by atoms with Crippen LogP contribution < -0.4 is 51.4 Å². The summed E-state index contributed by atoms with van der Waals surface area (Å²) in [6.45, 7) is 0. The average Bonchev–Trinajstić information content (AvgIpc) is 1.25. The summed E-state index contributed by atoms with van der Waals surface area (Å²) >= 11 is 0. The van der Waals surface area contributed by atoms with Gasteiger partial charge in [0.2, 0.25) is 0 Å². The molecule has 0 aromatic heterocycles. The van der Waals surface area contributed by atoms with Gasteiger partial charge in [0, 0.05) is 0 Å². The molecule has 0 aromatic carbocycles. The molecule has 0 rings (SSSR count). The third kappa shape index (κ3) is 8460. The quantitative estimate of drug-likeness (QED) is 0.236. The molecule has 0 unspecified atom stereocenters. The first-order valence-corrected chi connectivity index (χ1v) is 1.10. The van der Waals surface area contributed by atoms with Crippen molar-refractivity contribution in [1.82, 2.24) is 0 Å². The summed E-state index contributed by atoms with van der Waals surface area (Å²) in [6, 6.07) is 0. The molecule has 0 atom stereocenters. The Morgan fingerprint density at radius 2 is 0.562 bits per heavy atom. The first kappa shape index (κ1) is 93.1. The van der Waals surface area contributed by atoms with Gasteiger partial charge < -0.3 is 63.5 Å². The third-order valence-corrected chi connectivity index (χ3v) is 0. The Kier molecular flexibility index (Phi) is 446. The van der Waals surface area contributed by atoms with Crippen LogP contribution in [0.3, 0.4) is 0 Å². The van der Waals surface area contributed by atoms with E-state index in [-0.39, 0.29) is 107 Å². The van der Waals surface area contributed by atoms with E-state index < -0.39 is 10.2 Å². The van der Waals surface area contributed by atoms with Gasteiger partial charge in [-0.15, -0.1) is 0 Å². The molecule has 16 heavy (non-hydrogen) atoms. The van der Waals surface area contributed by atoms with Crippen molar-refractivity contribution < 1.29 is 94.4 Å². The van der Waals surface area contributed by atoms with Crippen molar-refractivity contribution in [1.29, 1.82) is 0 Å². The summed E-state index contributed by atoms with van der Waals surface area (Å²) in [5.74, 6) is 0. The first-order chi connectivity index (χ1) is 3.46. The Morgan fingerprint density at radius 1 is 0.562 bits per heavy atom. The number of nitrogens with zero attached hydrogens (tertiary/aromatic N) is 2. The Hall–Kier alpha value is 0.563. The minimum atomic E-state index is -1.75. The molecule has 16 heteroatoms. The van der Waals surface area contributed by atoms with Crippen LogP contribution in [0.15, 0.2) is 0 Å². The van der Waals surface area contributed by atoms with Gasteiger partial charge in [0.05, 0.1) is 10.2 Å². The predicted octanol–water partition coefficient (Wildman–Crippen LogP) is -8.80. The molecule has 0 saturated heterocycles. The minimum Gasteiger partial charge on any atom is -0.412 e. The van der Waals surface area contributed by atoms with Gasteiger partial charge in [-0.25, -0.2) is 0 Å². The fraction of sp³-hybridized carbons (Fsp3) is 0. The number of hydrogen-bond acceptors (Lipinski definition) is 6. The zero-order valence-electron chi connectivity index (χ0n) is 8.05. The first-order valence-electron chi connectivity index (χ1n) is 1.10. The molecule has 0 fully saturated rings. The third-order valence-electron chi connectivity index (χ3n) is 0. The SMILES string of the molecule is O.O.O.O.O.O.O=[N+]([O-])[O-].O=[N+]([O-])[O-].[K+].[Mg+2]. The van der Waals surface area contributed by atoms with Gasteiger partial charge in [-0.05, 0) is 0 Å². The maximum absolute atomic E-state index is 8.25. The van der Waals surface area contributed by atoms with Crippen molar-refractivity contribution in [3.05, 3.63) is 30.6 Å². The van der Waals surface area contributed by atoms with E-state index in [0.29, 0.717) is 0 Å². The molecule has 0 bridgehead atoms. The van der Waals surface area contributed by atoms with Crippen LogP contribution in [0.25, 0.3) is 0 Å². The molecule has 12 N–H and O–H groups in total. The summed E-state index contributed by atoms with van der Waals surface area (Å²) in [7, 11) is 0. The number of rotatable bonds is 0. The molecule has 0 aliphatic heterocycles. The maximum atomic E-state index is 8.25. The normalized spacial score (nSPS) is 3.00. The van der Waals surface area contributed by atoms with Crippen LogP contribution in [0, 0.1) is 30.6 Å². The molecule has 0 heterocycles. The van der Waals surface area contributed by atoms with E-state index in [0.717, 1.165) is 0 Å². The van der Waals surface area contributed by atoms with Crippen molar-refractivity contribution in [2.45, 2.75) is 0 Å². The molecule has 0 amide bonds. The fourth-order valence-corrected chi connectivity index (χ4v) is 0. The molecule has 0 saturated carbocycles. The molecule has 0 aromatic rings. The summed E-state index contributed by atoms with van der Waals surface area (Å²) in [4.78, 5) is 16.5. The van der Waals surface area contributed by atoms with Crippen LogP contribution >= 0.6 is 0 Å². The van der Waals surface area contributed by atoms with Crippen LogP contribution in [0.4, 0.5) is 0 Å². The predicted molar refractivity (Wildman–Crippen MR) is 48.2 cm³/mol. The Bertz CT molecular complexity index is 77.0. The van der Waals surface area contributed by atoms with E-state index in [9.17, 15) is 0 Å². The van der Waals surface area contributed by atoms with E-state index in [4.69, 9.17) is 30.6 Å². The largest absolute Gasteiger partial charge is 2.00 e. The zero-order valence-corrected chi connectivity index (χ0v) is 12.6. The smallest absolute Gasteiger partial charge is 0.412 e. The van der Waals surface area contributed by atoms with Crippen LogP contribution in [0.1, 0.15) is 0 Å². The molecule has 0 spiro atoms. The minimum absolute atomic E-state index is 0. The van der Waals surface area contributed by atoms with Crippen LogP contribution in [0.2, 0.25) is 0 Å². The maximum Gasteiger partial charge on any atom is 2.00 e. The van der Waals surface area contributed by atoms with Gasteiger partial charge in [-0.3, -0.25) is 0 Å². The van der Waals surface area contributed by atoms with Crippen molar-refractivity contribution in [2.24, 2.45) is 0 Å². The van der Waals surface area contributed by atoms with E-state index in [2.05, 4.69) is 0 Å². The van der Waals surface area contributed by atoms with Crippen molar-refractivity contribution in [3.63, 3.8) is 0 Å². The van der Waals surface area contributed by atoms with Crippen molar-refractivity contribution in [3.8, 4) is 0 Å². The van der Waals surface area contributed by atoms with Gasteiger partial charge in [0.25, 0.3) is 0 Å². The fourth-order valence-electron chi connectivity index (χ4n) is 0. The molecule has 0 aliphatic carbocycles. The Balaban J connectivity index is -0.00000000375. The molecule has 0 radical (unpaired) electrons. The second-order valence-corrected chi connectivity index (χ2v) is 0.447. The zero-order chi connectivity index (χ0) is 7.15. The summed E-state index contributed by atoms with van der Waals surface area (Å²) in [6.07, 6.45) is 0. The van der Waals surface area contributed by atoms with Gasteiger partial charge in [-0.2, -0.15) is 0 Å². The second-order valence-electron chi connectivity index (χ2n) is 0.447. The van der Waals surface area contributed by atoms with E-state index in [1.807, 2.05) is 0 Å². The van der Waals surface area contributed by atoms with Crippen molar-refractivity contribution >= 4 is 23.1 Å². The molecular formula is H12KMgN2O12+. The molecule has 0 aliphatic rings. The van der Waals surface area contributed by atoms with Crippen LogP contribution in [-0.2, 0) is 0 Å². The second kappa shape index (κ2) is 76.6. The summed E-state index contributed by atoms with van der Waals surface area (Å²) in [5, 5.41) is 29.5. The van der Waals surface area contributed by atoms with Gasteiger partial charge in [0.15, 0.2) is 0 Å². The van der Waals surface area contributed by atoms with Crippen LogP contribution in [-0.4, -0.2) is 66.1 Å². The molecule has 96 valence electrons.